The molecule has 0 bridgehead atoms. The summed E-state index contributed by atoms with van der Waals surface area (Å²) < 4.78 is 0. The van der Waals surface area contributed by atoms with Gasteiger partial charge < -0.3 is 0 Å². The Kier molecular flexibility index (Phi) is 3.30. The molecule has 0 aliphatic carbocycles. The minimum Gasteiger partial charge on any atom is -0.289 e. The zero-order valence-electron chi connectivity index (χ0n) is 9.83. The van der Waals surface area contributed by atoms with E-state index in [4.69, 9.17) is 11.6 Å². The summed E-state index contributed by atoms with van der Waals surface area (Å²) in [4.78, 5) is 12.2. The molecular weight excluding hydrogens is 232 g/mol. The van der Waals surface area contributed by atoms with E-state index in [-0.39, 0.29) is 5.78 Å². The topological polar surface area (TPSA) is 17.1 Å². The van der Waals surface area contributed by atoms with Gasteiger partial charge in [0, 0.05) is 16.1 Å². The van der Waals surface area contributed by atoms with E-state index in [9.17, 15) is 4.79 Å². The van der Waals surface area contributed by atoms with Crippen LogP contribution in [0, 0.1) is 13.8 Å². The molecule has 0 amide bonds. The van der Waals surface area contributed by atoms with E-state index < -0.39 is 0 Å². The van der Waals surface area contributed by atoms with E-state index in [2.05, 4.69) is 0 Å². The third kappa shape index (κ3) is 2.56. The molecule has 0 fully saturated rings. The van der Waals surface area contributed by atoms with Gasteiger partial charge in [-0.05, 0) is 43.2 Å². The number of ketones is 1. The Balaban J connectivity index is 2.40. The Labute approximate surface area is 106 Å². The second-order valence-corrected chi connectivity index (χ2v) is 4.57. The summed E-state index contributed by atoms with van der Waals surface area (Å²) in [5.41, 5.74) is 3.64. The van der Waals surface area contributed by atoms with Gasteiger partial charge in [0.1, 0.15) is 0 Å². The molecule has 2 rings (SSSR count). The van der Waals surface area contributed by atoms with Crippen LogP contribution in [-0.2, 0) is 0 Å². The minimum absolute atomic E-state index is 0.00981. The van der Waals surface area contributed by atoms with Crippen molar-refractivity contribution in [3.63, 3.8) is 0 Å². The van der Waals surface area contributed by atoms with Gasteiger partial charge in [0.2, 0.25) is 0 Å². The zero-order chi connectivity index (χ0) is 12.4. The number of carbonyl (C=O) groups is 1. The lowest BCUT2D eigenvalue weighted by Gasteiger charge is -2.05. The second kappa shape index (κ2) is 4.72. The monoisotopic (exact) mass is 244 g/mol. The van der Waals surface area contributed by atoms with Crippen molar-refractivity contribution in [3.05, 3.63) is 69.7 Å². The molecule has 2 aromatic carbocycles. The highest BCUT2D eigenvalue weighted by molar-refractivity contribution is 6.31. The fourth-order valence-electron chi connectivity index (χ4n) is 1.68. The largest absolute Gasteiger partial charge is 0.289 e. The number of benzene rings is 2. The predicted octanol–water partition coefficient (Wildman–Crippen LogP) is 4.19. The van der Waals surface area contributed by atoms with Crippen LogP contribution in [0.15, 0.2) is 42.5 Å². The number of aryl methyl sites for hydroxylation is 2. The minimum atomic E-state index is 0.00981. The average Bonchev–Trinajstić information content (AvgIpc) is 2.32. The Hall–Kier alpha value is -1.60. The number of halogens is 1. The second-order valence-electron chi connectivity index (χ2n) is 4.14. The number of carbonyl (C=O) groups excluding carboxylic acids is 1. The van der Waals surface area contributed by atoms with Crippen molar-refractivity contribution in [3.8, 4) is 0 Å². The van der Waals surface area contributed by atoms with Crippen LogP contribution >= 0.6 is 11.6 Å². The van der Waals surface area contributed by atoms with Crippen LogP contribution < -0.4 is 0 Å². The lowest BCUT2D eigenvalue weighted by molar-refractivity contribution is 0.103. The maximum absolute atomic E-state index is 12.2. The maximum atomic E-state index is 12.2. The zero-order valence-corrected chi connectivity index (χ0v) is 10.6. The molecule has 2 heteroatoms. The van der Waals surface area contributed by atoms with E-state index >= 15 is 0 Å². The van der Waals surface area contributed by atoms with E-state index in [1.54, 1.807) is 24.3 Å². The van der Waals surface area contributed by atoms with Crippen molar-refractivity contribution in [2.24, 2.45) is 0 Å². The third-order valence-electron chi connectivity index (χ3n) is 2.86. The first-order valence-electron chi connectivity index (χ1n) is 5.45. The van der Waals surface area contributed by atoms with Gasteiger partial charge in [0.05, 0.1) is 0 Å². The van der Waals surface area contributed by atoms with E-state index in [1.807, 2.05) is 32.0 Å². The number of hydrogen-bond acceptors (Lipinski definition) is 1. The van der Waals surface area contributed by atoms with Crippen LogP contribution in [0.2, 0.25) is 5.02 Å². The molecule has 0 spiro atoms. The number of hydrogen-bond donors (Lipinski definition) is 0. The van der Waals surface area contributed by atoms with Gasteiger partial charge >= 0.3 is 0 Å². The molecule has 0 atom stereocenters. The summed E-state index contributed by atoms with van der Waals surface area (Å²) in [6.07, 6.45) is 0. The van der Waals surface area contributed by atoms with Gasteiger partial charge in [-0.1, -0.05) is 35.9 Å². The van der Waals surface area contributed by atoms with Crippen LogP contribution in [0.5, 0.6) is 0 Å². The quantitative estimate of drug-likeness (QED) is 0.724. The van der Waals surface area contributed by atoms with Gasteiger partial charge in [-0.25, -0.2) is 0 Å². The van der Waals surface area contributed by atoms with Gasteiger partial charge in [-0.2, -0.15) is 0 Å². The lowest BCUT2D eigenvalue weighted by atomic mass is 9.99. The van der Waals surface area contributed by atoms with E-state index in [0.29, 0.717) is 16.1 Å². The third-order valence-corrected chi connectivity index (χ3v) is 3.09. The van der Waals surface area contributed by atoms with E-state index in [1.165, 1.54) is 5.56 Å². The highest BCUT2D eigenvalue weighted by Gasteiger charge is 2.09. The molecule has 86 valence electrons. The average molecular weight is 245 g/mol. The molecular formula is C15H13ClO. The molecule has 0 saturated heterocycles. The summed E-state index contributed by atoms with van der Waals surface area (Å²) in [5.74, 6) is 0.00981. The van der Waals surface area contributed by atoms with Crippen molar-refractivity contribution in [2.75, 3.05) is 0 Å². The van der Waals surface area contributed by atoms with Crippen LogP contribution in [0.1, 0.15) is 27.0 Å². The summed E-state index contributed by atoms with van der Waals surface area (Å²) in [5, 5.41) is 0.583. The van der Waals surface area contributed by atoms with Crippen LogP contribution in [-0.4, -0.2) is 5.78 Å². The first-order chi connectivity index (χ1) is 8.08. The molecule has 0 aliphatic heterocycles. The summed E-state index contributed by atoms with van der Waals surface area (Å²) >= 11 is 5.88. The van der Waals surface area contributed by atoms with E-state index in [0.717, 1.165) is 5.56 Å². The van der Waals surface area contributed by atoms with Gasteiger partial charge in [0.25, 0.3) is 0 Å². The van der Waals surface area contributed by atoms with Crippen LogP contribution in [0.4, 0.5) is 0 Å². The fourth-order valence-corrected chi connectivity index (χ4v) is 1.87. The standard InChI is InChI=1S/C15H13ClO/c1-10-6-7-13(8-11(10)2)15(17)12-4-3-5-14(16)9-12/h3-9H,1-2H3. The highest BCUT2D eigenvalue weighted by Crippen LogP contribution is 2.17. The summed E-state index contributed by atoms with van der Waals surface area (Å²) in [7, 11) is 0. The van der Waals surface area contributed by atoms with Crippen molar-refractivity contribution in [2.45, 2.75) is 13.8 Å². The summed E-state index contributed by atoms with van der Waals surface area (Å²) in [6, 6.07) is 12.8. The SMILES string of the molecule is Cc1ccc(C(=O)c2cccc(Cl)c2)cc1C. The number of rotatable bonds is 2. The van der Waals surface area contributed by atoms with Crippen LogP contribution in [0.3, 0.4) is 0 Å². The Morgan fingerprint density at radius 1 is 0.941 bits per heavy atom. The molecule has 0 N–H and O–H groups in total. The fraction of sp³-hybridized carbons (Fsp3) is 0.133. The molecule has 1 nitrogen and oxygen atoms in total. The van der Waals surface area contributed by atoms with Gasteiger partial charge in [0.15, 0.2) is 5.78 Å². The van der Waals surface area contributed by atoms with Crippen molar-refractivity contribution < 1.29 is 4.79 Å². The van der Waals surface area contributed by atoms with Gasteiger partial charge in [-0.3, -0.25) is 4.79 Å². The molecule has 0 aliphatic rings. The normalized spacial score (nSPS) is 10.3. The lowest BCUT2D eigenvalue weighted by Crippen LogP contribution is -2.01. The first-order valence-corrected chi connectivity index (χ1v) is 5.83. The molecule has 0 heterocycles. The highest BCUT2D eigenvalue weighted by atomic mass is 35.5. The Morgan fingerprint density at radius 2 is 1.65 bits per heavy atom. The Bertz CT molecular complexity index is 573. The maximum Gasteiger partial charge on any atom is 0.193 e. The first kappa shape index (κ1) is 11.9. The molecule has 17 heavy (non-hydrogen) atoms. The van der Waals surface area contributed by atoms with Crippen molar-refractivity contribution in [1.82, 2.24) is 0 Å². The predicted molar refractivity (Wildman–Crippen MR) is 70.8 cm³/mol. The van der Waals surface area contributed by atoms with Crippen molar-refractivity contribution in [1.29, 1.82) is 0 Å². The molecule has 0 radical (unpaired) electrons. The molecule has 0 unspecified atom stereocenters. The molecule has 2 aromatic rings. The molecule has 0 saturated carbocycles. The smallest absolute Gasteiger partial charge is 0.193 e. The summed E-state index contributed by atoms with van der Waals surface area (Å²) in [6.45, 7) is 4.03. The van der Waals surface area contributed by atoms with Crippen LogP contribution in [0.25, 0.3) is 0 Å². The Morgan fingerprint density at radius 3 is 2.29 bits per heavy atom. The molecule has 0 aromatic heterocycles. The van der Waals surface area contributed by atoms with Crippen molar-refractivity contribution >= 4 is 17.4 Å². The van der Waals surface area contributed by atoms with Gasteiger partial charge in [-0.15, -0.1) is 0 Å².